The number of ether oxygens (including phenoxy) is 2. The van der Waals surface area contributed by atoms with Crippen molar-refractivity contribution in [3.8, 4) is 22.1 Å². The molecule has 154 valence electrons. The molecule has 1 unspecified atom stereocenters. The Morgan fingerprint density at radius 2 is 1.83 bits per heavy atom. The Labute approximate surface area is 178 Å². The van der Waals surface area contributed by atoms with Crippen LogP contribution in [0, 0.1) is 0 Å². The molecule has 2 aromatic carbocycles. The molecule has 2 heterocycles. The van der Waals surface area contributed by atoms with Crippen LogP contribution in [0.3, 0.4) is 0 Å². The van der Waals surface area contributed by atoms with Crippen LogP contribution in [0.5, 0.6) is 11.5 Å². The summed E-state index contributed by atoms with van der Waals surface area (Å²) in [5.74, 6) is 1.02. The number of urea groups is 1. The molecule has 7 nitrogen and oxygen atoms in total. The molecule has 0 radical (unpaired) electrons. The first kappa shape index (κ1) is 19.9. The van der Waals surface area contributed by atoms with E-state index in [-0.39, 0.29) is 18.5 Å². The highest BCUT2D eigenvalue weighted by atomic mass is 32.1. The maximum atomic E-state index is 12.7. The van der Waals surface area contributed by atoms with Crippen molar-refractivity contribution in [2.45, 2.75) is 19.0 Å². The fourth-order valence-corrected chi connectivity index (χ4v) is 4.17. The number of imide groups is 1. The second-order valence-corrected chi connectivity index (χ2v) is 7.69. The van der Waals surface area contributed by atoms with E-state index in [0.717, 1.165) is 16.1 Å². The van der Waals surface area contributed by atoms with Gasteiger partial charge < -0.3 is 14.8 Å². The predicted octanol–water partition coefficient (Wildman–Crippen LogP) is 3.49. The van der Waals surface area contributed by atoms with Crippen molar-refractivity contribution < 1.29 is 19.1 Å². The number of rotatable bonds is 7. The standard InChI is InChI=1S/C22H21N3O4S/c1-28-18-9-8-15(11-19(18)29-2)20-23-16(13-30-20)12-25-21(26)17(24-22(25)27)10-14-6-4-3-5-7-14/h3-9,11,13,17H,10,12H2,1-2H3,(H,24,27). The average Bonchev–Trinajstić information content (AvgIpc) is 3.34. The SMILES string of the molecule is COc1ccc(-c2nc(CN3C(=O)NC(Cc4ccccc4)C3=O)cs2)cc1OC. The van der Waals surface area contributed by atoms with Gasteiger partial charge in [-0.15, -0.1) is 11.3 Å². The summed E-state index contributed by atoms with van der Waals surface area (Å²) in [4.78, 5) is 30.9. The number of hydrogen-bond acceptors (Lipinski definition) is 6. The highest BCUT2D eigenvalue weighted by Gasteiger charge is 2.38. The first-order chi connectivity index (χ1) is 14.6. The number of nitrogens with one attached hydrogen (secondary N) is 1. The summed E-state index contributed by atoms with van der Waals surface area (Å²) in [6.45, 7) is 0.139. The van der Waals surface area contributed by atoms with E-state index in [1.807, 2.05) is 53.9 Å². The van der Waals surface area contributed by atoms with Crippen LogP contribution in [0.4, 0.5) is 4.79 Å². The number of aromatic nitrogens is 1. The molecule has 4 rings (SSSR count). The number of hydrogen-bond donors (Lipinski definition) is 1. The number of amides is 3. The Morgan fingerprint density at radius 3 is 2.57 bits per heavy atom. The third-order valence-electron chi connectivity index (χ3n) is 4.89. The van der Waals surface area contributed by atoms with Crippen molar-refractivity contribution in [2.75, 3.05) is 14.2 Å². The third kappa shape index (κ3) is 3.99. The van der Waals surface area contributed by atoms with Crippen molar-refractivity contribution in [3.63, 3.8) is 0 Å². The maximum absolute atomic E-state index is 12.7. The molecule has 0 spiro atoms. The molecule has 1 aromatic heterocycles. The van der Waals surface area contributed by atoms with Gasteiger partial charge in [0.2, 0.25) is 0 Å². The zero-order valence-electron chi connectivity index (χ0n) is 16.6. The van der Waals surface area contributed by atoms with Gasteiger partial charge in [-0.1, -0.05) is 30.3 Å². The molecule has 1 aliphatic rings. The fraction of sp³-hybridized carbons (Fsp3) is 0.227. The van der Waals surface area contributed by atoms with E-state index in [4.69, 9.17) is 9.47 Å². The molecule has 0 aliphatic carbocycles. The van der Waals surface area contributed by atoms with Crippen LogP contribution in [0.2, 0.25) is 0 Å². The summed E-state index contributed by atoms with van der Waals surface area (Å²) in [5, 5.41) is 5.41. The van der Waals surface area contributed by atoms with Crippen molar-refractivity contribution in [1.29, 1.82) is 0 Å². The van der Waals surface area contributed by atoms with Gasteiger partial charge in [-0.05, 0) is 23.8 Å². The van der Waals surface area contributed by atoms with Gasteiger partial charge >= 0.3 is 6.03 Å². The van der Waals surface area contributed by atoms with E-state index < -0.39 is 6.04 Å². The lowest BCUT2D eigenvalue weighted by Crippen LogP contribution is -2.32. The van der Waals surface area contributed by atoms with E-state index in [1.165, 1.54) is 16.2 Å². The highest BCUT2D eigenvalue weighted by Crippen LogP contribution is 2.33. The quantitative estimate of drug-likeness (QED) is 0.589. The van der Waals surface area contributed by atoms with Crippen LogP contribution >= 0.6 is 11.3 Å². The van der Waals surface area contributed by atoms with Crippen molar-refractivity contribution in [2.24, 2.45) is 0 Å². The minimum Gasteiger partial charge on any atom is -0.493 e. The molecule has 3 amide bonds. The van der Waals surface area contributed by atoms with E-state index in [9.17, 15) is 9.59 Å². The zero-order valence-corrected chi connectivity index (χ0v) is 17.4. The van der Waals surface area contributed by atoms with Gasteiger partial charge in [0, 0.05) is 17.4 Å². The van der Waals surface area contributed by atoms with Gasteiger partial charge in [-0.2, -0.15) is 0 Å². The van der Waals surface area contributed by atoms with Crippen LogP contribution in [0.15, 0.2) is 53.9 Å². The summed E-state index contributed by atoms with van der Waals surface area (Å²) in [6.07, 6.45) is 0.468. The number of carbonyl (C=O) groups is 2. The molecule has 0 saturated carbocycles. The Balaban J connectivity index is 1.47. The topological polar surface area (TPSA) is 80.8 Å². The molecule has 30 heavy (non-hydrogen) atoms. The Hall–Kier alpha value is -3.39. The second-order valence-electron chi connectivity index (χ2n) is 6.83. The zero-order chi connectivity index (χ0) is 21.1. The lowest BCUT2D eigenvalue weighted by Gasteiger charge is -2.11. The number of nitrogens with zero attached hydrogens (tertiary/aromatic N) is 2. The second kappa shape index (κ2) is 8.54. The van der Waals surface area contributed by atoms with E-state index in [0.29, 0.717) is 23.6 Å². The molecule has 1 fully saturated rings. The molecular formula is C22H21N3O4S. The smallest absolute Gasteiger partial charge is 0.325 e. The minimum absolute atomic E-state index is 0.139. The Kier molecular flexibility index (Phi) is 5.67. The molecule has 0 bridgehead atoms. The van der Waals surface area contributed by atoms with E-state index >= 15 is 0 Å². The predicted molar refractivity (Wildman–Crippen MR) is 114 cm³/mol. The molecule has 1 N–H and O–H groups in total. The summed E-state index contributed by atoms with van der Waals surface area (Å²) in [5.41, 5.74) is 2.54. The van der Waals surface area contributed by atoms with Crippen LogP contribution in [-0.4, -0.2) is 42.1 Å². The number of carbonyl (C=O) groups excluding carboxylic acids is 2. The lowest BCUT2D eigenvalue weighted by molar-refractivity contribution is -0.127. The Morgan fingerprint density at radius 1 is 1.07 bits per heavy atom. The summed E-state index contributed by atoms with van der Waals surface area (Å²) in [6, 6.07) is 14.3. The largest absolute Gasteiger partial charge is 0.493 e. The van der Waals surface area contributed by atoms with Gasteiger partial charge in [0.25, 0.3) is 5.91 Å². The van der Waals surface area contributed by atoms with Crippen molar-refractivity contribution in [3.05, 3.63) is 65.2 Å². The normalized spacial score (nSPS) is 15.9. The molecule has 8 heteroatoms. The molecule has 1 aliphatic heterocycles. The van der Waals surface area contributed by atoms with E-state index in [2.05, 4.69) is 10.3 Å². The molecule has 1 saturated heterocycles. The first-order valence-electron chi connectivity index (χ1n) is 9.41. The minimum atomic E-state index is -0.552. The summed E-state index contributed by atoms with van der Waals surface area (Å²) < 4.78 is 10.6. The van der Waals surface area contributed by atoms with Crippen molar-refractivity contribution in [1.82, 2.24) is 15.2 Å². The average molecular weight is 423 g/mol. The van der Waals surface area contributed by atoms with Crippen LogP contribution in [0.1, 0.15) is 11.3 Å². The van der Waals surface area contributed by atoms with Crippen molar-refractivity contribution >= 4 is 23.3 Å². The van der Waals surface area contributed by atoms with Crippen LogP contribution in [0.25, 0.3) is 10.6 Å². The number of benzene rings is 2. The highest BCUT2D eigenvalue weighted by molar-refractivity contribution is 7.13. The molecule has 3 aromatic rings. The summed E-state index contributed by atoms with van der Waals surface area (Å²) in [7, 11) is 3.17. The maximum Gasteiger partial charge on any atom is 0.325 e. The van der Waals surface area contributed by atoms with Gasteiger partial charge in [-0.25, -0.2) is 9.78 Å². The van der Waals surface area contributed by atoms with Gasteiger partial charge in [0.1, 0.15) is 11.0 Å². The first-order valence-corrected chi connectivity index (χ1v) is 10.3. The van der Waals surface area contributed by atoms with Crippen LogP contribution in [-0.2, 0) is 17.8 Å². The fourth-order valence-electron chi connectivity index (χ4n) is 3.36. The number of thiazole rings is 1. The van der Waals surface area contributed by atoms with Crippen LogP contribution < -0.4 is 14.8 Å². The van der Waals surface area contributed by atoms with E-state index in [1.54, 1.807) is 14.2 Å². The third-order valence-corrected chi connectivity index (χ3v) is 5.83. The molecular weight excluding hydrogens is 402 g/mol. The van der Waals surface area contributed by atoms with Gasteiger partial charge in [0.05, 0.1) is 26.5 Å². The number of methoxy groups -OCH3 is 2. The lowest BCUT2D eigenvalue weighted by atomic mass is 10.1. The van der Waals surface area contributed by atoms with Gasteiger partial charge in [-0.3, -0.25) is 9.69 Å². The summed E-state index contributed by atoms with van der Waals surface area (Å²) >= 11 is 1.45. The molecule has 1 atom stereocenters. The monoisotopic (exact) mass is 423 g/mol. The Bertz CT molecular complexity index is 1070. The van der Waals surface area contributed by atoms with Gasteiger partial charge in [0.15, 0.2) is 11.5 Å².